The largest absolute Gasteiger partial charge is 0.573 e. The Balaban J connectivity index is 2.94. The van der Waals surface area contributed by atoms with Gasteiger partial charge in [0.1, 0.15) is 0 Å². The molecule has 18 heavy (non-hydrogen) atoms. The fraction of sp³-hybridized carbons (Fsp3) is 0.333. The molecule has 0 heterocycles. The van der Waals surface area contributed by atoms with E-state index in [9.17, 15) is 18.3 Å². The summed E-state index contributed by atoms with van der Waals surface area (Å²) in [5, 5.41) is 9.69. The van der Waals surface area contributed by atoms with E-state index in [1.807, 2.05) is 0 Å². The van der Waals surface area contributed by atoms with Gasteiger partial charge < -0.3 is 15.6 Å². The second-order valence-corrected chi connectivity index (χ2v) is 3.71. The molecule has 1 aromatic rings. The molecule has 0 radical (unpaired) electrons. The quantitative estimate of drug-likeness (QED) is 0.800. The van der Waals surface area contributed by atoms with Crippen LogP contribution in [0.2, 0.25) is 0 Å². The summed E-state index contributed by atoms with van der Waals surface area (Å²) in [6.07, 6.45) is -2.12. The number of halogens is 3. The van der Waals surface area contributed by atoms with E-state index in [1.165, 1.54) is 12.1 Å². The molecule has 0 aromatic heterocycles. The van der Waals surface area contributed by atoms with Crippen molar-refractivity contribution in [2.75, 3.05) is 0 Å². The van der Waals surface area contributed by atoms with Crippen molar-refractivity contribution < 1.29 is 23.0 Å². The summed E-state index contributed by atoms with van der Waals surface area (Å²) in [5.41, 5.74) is 5.99. The molecule has 0 aliphatic carbocycles. The first-order valence-corrected chi connectivity index (χ1v) is 5.29. The number of alkyl halides is 3. The zero-order valence-corrected chi connectivity index (χ0v) is 9.57. The molecule has 0 spiro atoms. The third-order valence-electron chi connectivity index (χ3n) is 2.34. The Kier molecular flexibility index (Phi) is 4.61. The number of benzene rings is 1. The molecule has 0 aliphatic heterocycles. The van der Waals surface area contributed by atoms with Crippen LogP contribution in [0.3, 0.4) is 0 Å². The highest BCUT2D eigenvalue weighted by atomic mass is 19.4. The zero-order chi connectivity index (χ0) is 13.8. The number of allylic oxidation sites excluding steroid dienone is 1. The smallest absolute Gasteiger partial charge is 0.504 e. The SMILES string of the molecule is C=CCC[C@@H](N)c1cccc(OC(F)(F)F)c1O. The van der Waals surface area contributed by atoms with E-state index in [0.717, 1.165) is 6.07 Å². The summed E-state index contributed by atoms with van der Waals surface area (Å²) in [6, 6.07) is 3.28. The Morgan fingerprint density at radius 3 is 2.67 bits per heavy atom. The molecule has 0 fully saturated rings. The van der Waals surface area contributed by atoms with Gasteiger partial charge in [0.15, 0.2) is 11.5 Å². The topological polar surface area (TPSA) is 55.5 Å². The minimum Gasteiger partial charge on any atom is -0.504 e. The van der Waals surface area contributed by atoms with Crippen LogP contribution in [0.15, 0.2) is 30.9 Å². The molecule has 0 bridgehead atoms. The summed E-state index contributed by atoms with van der Waals surface area (Å²) < 4.78 is 39.9. The number of nitrogens with two attached hydrogens (primary N) is 1. The zero-order valence-electron chi connectivity index (χ0n) is 9.57. The van der Waals surface area contributed by atoms with Crippen molar-refractivity contribution in [3.8, 4) is 11.5 Å². The van der Waals surface area contributed by atoms with Crippen molar-refractivity contribution in [3.63, 3.8) is 0 Å². The van der Waals surface area contributed by atoms with Crippen LogP contribution in [-0.4, -0.2) is 11.5 Å². The number of hydrogen-bond donors (Lipinski definition) is 2. The van der Waals surface area contributed by atoms with Gasteiger partial charge in [-0.1, -0.05) is 18.2 Å². The summed E-state index contributed by atoms with van der Waals surface area (Å²) in [4.78, 5) is 0. The molecule has 6 heteroatoms. The van der Waals surface area contributed by atoms with Crippen molar-refractivity contribution >= 4 is 0 Å². The molecule has 0 aliphatic rings. The number of para-hydroxylation sites is 1. The van der Waals surface area contributed by atoms with E-state index in [0.29, 0.717) is 12.8 Å². The van der Waals surface area contributed by atoms with Crippen molar-refractivity contribution in [1.82, 2.24) is 0 Å². The standard InChI is InChI=1S/C12H14F3NO2/c1-2-3-6-9(16)8-5-4-7-10(11(8)17)18-12(13,14)15/h2,4-5,7,9,17H,1,3,6,16H2/t9-/m1/s1. The second-order valence-electron chi connectivity index (χ2n) is 3.71. The number of rotatable bonds is 5. The van der Waals surface area contributed by atoms with Crippen molar-refractivity contribution in [2.24, 2.45) is 5.73 Å². The van der Waals surface area contributed by atoms with Gasteiger partial charge in [-0.15, -0.1) is 19.8 Å². The predicted molar refractivity (Wildman–Crippen MR) is 61.1 cm³/mol. The molecule has 3 N–H and O–H groups in total. The Labute approximate surface area is 103 Å². The molecule has 0 amide bonds. The van der Waals surface area contributed by atoms with Crippen LogP contribution < -0.4 is 10.5 Å². The molecule has 1 rings (SSSR count). The summed E-state index contributed by atoms with van der Waals surface area (Å²) >= 11 is 0. The van der Waals surface area contributed by atoms with E-state index in [2.05, 4.69) is 11.3 Å². The molecule has 100 valence electrons. The lowest BCUT2D eigenvalue weighted by Gasteiger charge is -2.16. The van der Waals surface area contributed by atoms with Crippen LogP contribution in [0.25, 0.3) is 0 Å². The van der Waals surface area contributed by atoms with E-state index < -0.39 is 23.9 Å². The summed E-state index contributed by atoms with van der Waals surface area (Å²) in [5.74, 6) is -1.22. The lowest BCUT2D eigenvalue weighted by Crippen LogP contribution is -2.18. The third kappa shape index (κ3) is 3.96. The Morgan fingerprint density at radius 2 is 2.11 bits per heavy atom. The monoisotopic (exact) mass is 261 g/mol. The highest BCUT2D eigenvalue weighted by Gasteiger charge is 2.32. The molecule has 1 aromatic carbocycles. The second kappa shape index (κ2) is 5.77. The molecule has 0 saturated heterocycles. The average Bonchev–Trinajstić information content (AvgIpc) is 2.27. The van der Waals surface area contributed by atoms with Crippen LogP contribution >= 0.6 is 0 Å². The first-order chi connectivity index (χ1) is 8.35. The molecular weight excluding hydrogens is 247 g/mol. The maximum atomic E-state index is 12.1. The van der Waals surface area contributed by atoms with Crippen molar-refractivity contribution in [3.05, 3.63) is 36.4 Å². The fourth-order valence-corrected chi connectivity index (χ4v) is 1.50. The number of phenolic OH excluding ortho intramolecular Hbond substituents is 1. The number of aromatic hydroxyl groups is 1. The minimum atomic E-state index is -4.85. The van der Waals surface area contributed by atoms with Crippen molar-refractivity contribution in [1.29, 1.82) is 0 Å². The van der Waals surface area contributed by atoms with Crippen LogP contribution in [0.5, 0.6) is 11.5 Å². The molecular formula is C12H14F3NO2. The lowest BCUT2D eigenvalue weighted by atomic mass is 10.0. The van der Waals surface area contributed by atoms with Crippen molar-refractivity contribution in [2.45, 2.75) is 25.2 Å². The maximum absolute atomic E-state index is 12.1. The average molecular weight is 261 g/mol. The van der Waals surface area contributed by atoms with E-state index in [4.69, 9.17) is 5.73 Å². The van der Waals surface area contributed by atoms with Gasteiger partial charge in [-0.05, 0) is 18.9 Å². The predicted octanol–water partition coefficient (Wildman–Crippen LogP) is 3.26. The third-order valence-corrected chi connectivity index (χ3v) is 2.34. The Bertz CT molecular complexity index is 418. The van der Waals surface area contributed by atoms with Gasteiger partial charge in [0.25, 0.3) is 0 Å². The van der Waals surface area contributed by atoms with Crippen LogP contribution in [0.1, 0.15) is 24.4 Å². The van der Waals surface area contributed by atoms with Crippen LogP contribution in [0, 0.1) is 0 Å². The van der Waals surface area contributed by atoms with Crippen LogP contribution in [-0.2, 0) is 0 Å². The molecule has 0 saturated carbocycles. The van der Waals surface area contributed by atoms with Gasteiger partial charge in [-0.2, -0.15) is 0 Å². The minimum absolute atomic E-state index is 0.221. The Morgan fingerprint density at radius 1 is 1.44 bits per heavy atom. The number of phenols is 1. The van der Waals surface area contributed by atoms with Gasteiger partial charge in [0.2, 0.25) is 0 Å². The lowest BCUT2D eigenvalue weighted by molar-refractivity contribution is -0.275. The molecule has 0 unspecified atom stereocenters. The highest BCUT2D eigenvalue weighted by Crippen LogP contribution is 2.37. The van der Waals surface area contributed by atoms with E-state index in [1.54, 1.807) is 6.08 Å². The van der Waals surface area contributed by atoms with Gasteiger partial charge in [0, 0.05) is 11.6 Å². The van der Waals surface area contributed by atoms with Gasteiger partial charge in [0.05, 0.1) is 0 Å². The number of hydrogen-bond acceptors (Lipinski definition) is 3. The number of ether oxygens (including phenoxy) is 1. The van der Waals surface area contributed by atoms with E-state index >= 15 is 0 Å². The summed E-state index contributed by atoms with van der Waals surface area (Å²) in [7, 11) is 0. The van der Waals surface area contributed by atoms with Gasteiger partial charge in [-0.3, -0.25) is 0 Å². The molecule has 1 atom stereocenters. The first-order valence-electron chi connectivity index (χ1n) is 5.29. The normalized spacial score (nSPS) is 13.1. The van der Waals surface area contributed by atoms with Crippen LogP contribution in [0.4, 0.5) is 13.2 Å². The van der Waals surface area contributed by atoms with E-state index in [-0.39, 0.29) is 5.56 Å². The maximum Gasteiger partial charge on any atom is 0.573 e. The van der Waals surface area contributed by atoms with Gasteiger partial charge in [-0.25, -0.2) is 0 Å². The Hall–Kier alpha value is -1.69. The molecule has 3 nitrogen and oxygen atoms in total. The summed E-state index contributed by atoms with van der Waals surface area (Å²) in [6.45, 7) is 3.52. The highest BCUT2D eigenvalue weighted by molar-refractivity contribution is 5.46. The first kappa shape index (κ1) is 14.4. The van der Waals surface area contributed by atoms with Gasteiger partial charge >= 0.3 is 6.36 Å². The fourth-order valence-electron chi connectivity index (χ4n) is 1.50.